The molecule has 2 N–H and O–H groups in total. The number of urea groups is 1. The molecule has 0 aliphatic rings. The van der Waals surface area contributed by atoms with Gasteiger partial charge < -0.3 is 10.6 Å². The third-order valence-electron chi connectivity index (χ3n) is 4.84. The normalized spacial score (nSPS) is 10.8. The first-order valence-corrected chi connectivity index (χ1v) is 9.46. The van der Waals surface area contributed by atoms with Crippen LogP contribution < -0.4 is 16.2 Å². The van der Waals surface area contributed by atoms with Gasteiger partial charge in [-0.15, -0.1) is 0 Å². The lowest BCUT2D eigenvalue weighted by atomic mass is 10.1. The van der Waals surface area contributed by atoms with Crippen LogP contribution in [-0.2, 0) is 0 Å². The van der Waals surface area contributed by atoms with Gasteiger partial charge in [-0.1, -0.05) is 12.1 Å². The van der Waals surface area contributed by atoms with E-state index in [4.69, 9.17) is 0 Å². The first kappa shape index (κ1) is 20.2. The summed E-state index contributed by atoms with van der Waals surface area (Å²) in [6.07, 6.45) is 0. The highest BCUT2D eigenvalue weighted by molar-refractivity contribution is 6.00. The monoisotopic (exact) mass is 420 g/mol. The Morgan fingerprint density at radius 1 is 0.935 bits per heavy atom. The molecule has 0 fully saturated rings. The smallest absolute Gasteiger partial charge is 0.307 e. The van der Waals surface area contributed by atoms with Crippen molar-refractivity contribution in [1.29, 1.82) is 0 Å². The SMILES string of the molecule is Cc1cc(-n2c(C)nc3ccccc3c2=O)ccc1NC(=O)Nc1ccc(F)cc1F. The number of nitrogens with one attached hydrogen (secondary N) is 2. The maximum absolute atomic E-state index is 13.7. The Morgan fingerprint density at radius 2 is 1.65 bits per heavy atom. The van der Waals surface area contributed by atoms with Crippen molar-refractivity contribution in [2.24, 2.45) is 0 Å². The van der Waals surface area contributed by atoms with Gasteiger partial charge in [-0.3, -0.25) is 9.36 Å². The zero-order chi connectivity index (χ0) is 22.1. The van der Waals surface area contributed by atoms with Crippen molar-refractivity contribution in [2.75, 3.05) is 10.6 Å². The quantitative estimate of drug-likeness (QED) is 0.494. The van der Waals surface area contributed by atoms with Crippen molar-refractivity contribution in [3.63, 3.8) is 0 Å². The molecular formula is C23H18F2N4O2. The number of fused-ring (bicyclic) bond motifs is 1. The molecule has 156 valence electrons. The predicted octanol–water partition coefficient (Wildman–Crippen LogP) is 4.92. The van der Waals surface area contributed by atoms with Gasteiger partial charge in [0.1, 0.15) is 17.5 Å². The van der Waals surface area contributed by atoms with Crippen LogP contribution >= 0.6 is 0 Å². The number of aromatic nitrogens is 2. The number of aryl methyl sites for hydroxylation is 2. The van der Waals surface area contributed by atoms with Gasteiger partial charge in [-0.2, -0.15) is 0 Å². The van der Waals surface area contributed by atoms with E-state index in [2.05, 4.69) is 15.6 Å². The minimum absolute atomic E-state index is 0.141. The second-order valence-electron chi connectivity index (χ2n) is 7.02. The van der Waals surface area contributed by atoms with Gasteiger partial charge in [-0.05, 0) is 61.9 Å². The Kier molecular flexibility index (Phi) is 5.21. The number of amides is 2. The molecule has 1 heterocycles. The summed E-state index contributed by atoms with van der Waals surface area (Å²) in [4.78, 5) is 29.7. The Morgan fingerprint density at radius 3 is 2.39 bits per heavy atom. The Hall–Kier alpha value is -4.07. The molecule has 2 amide bonds. The average Bonchev–Trinajstić information content (AvgIpc) is 2.72. The molecule has 4 aromatic rings. The maximum atomic E-state index is 13.7. The van der Waals surface area contributed by atoms with Crippen molar-refractivity contribution < 1.29 is 13.6 Å². The fraction of sp³-hybridized carbons (Fsp3) is 0.0870. The molecule has 3 aromatic carbocycles. The number of hydrogen-bond donors (Lipinski definition) is 2. The van der Waals surface area contributed by atoms with E-state index in [1.807, 2.05) is 6.07 Å². The van der Waals surface area contributed by atoms with E-state index in [9.17, 15) is 18.4 Å². The van der Waals surface area contributed by atoms with Gasteiger partial charge >= 0.3 is 6.03 Å². The van der Waals surface area contributed by atoms with Crippen LogP contribution in [0, 0.1) is 25.5 Å². The van der Waals surface area contributed by atoms with Crippen LogP contribution in [-0.4, -0.2) is 15.6 Å². The molecule has 1 aromatic heterocycles. The van der Waals surface area contributed by atoms with Gasteiger partial charge in [-0.25, -0.2) is 18.6 Å². The highest BCUT2D eigenvalue weighted by atomic mass is 19.1. The van der Waals surface area contributed by atoms with Crippen LogP contribution in [0.3, 0.4) is 0 Å². The standard InChI is InChI=1S/C23H18F2N4O2/c1-13-11-16(29-14(2)26-20-6-4-3-5-17(20)22(29)30)8-10-19(13)27-23(31)28-21-9-7-15(24)12-18(21)25/h3-12H,1-2H3,(H2,27,28,31). The highest BCUT2D eigenvalue weighted by Gasteiger charge is 2.13. The number of carbonyl (C=O) groups excluding carboxylic acids is 1. The lowest BCUT2D eigenvalue weighted by molar-refractivity contribution is 0.262. The second-order valence-corrected chi connectivity index (χ2v) is 7.02. The summed E-state index contributed by atoms with van der Waals surface area (Å²) in [5, 5.41) is 5.47. The van der Waals surface area contributed by atoms with Crippen molar-refractivity contribution in [3.05, 3.63) is 94.0 Å². The summed E-state index contributed by atoms with van der Waals surface area (Å²) in [6.45, 7) is 3.52. The molecule has 0 atom stereocenters. The molecule has 8 heteroatoms. The zero-order valence-electron chi connectivity index (χ0n) is 16.7. The van der Waals surface area contributed by atoms with Crippen LogP contribution in [0.5, 0.6) is 0 Å². The number of benzene rings is 3. The molecule has 31 heavy (non-hydrogen) atoms. The number of halogens is 2. The maximum Gasteiger partial charge on any atom is 0.323 e. The third kappa shape index (κ3) is 4.00. The van der Waals surface area contributed by atoms with E-state index < -0.39 is 17.7 Å². The average molecular weight is 420 g/mol. The van der Waals surface area contributed by atoms with Gasteiger partial charge in [0, 0.05) is 11.8 Å². The van der Waals surface area contributed by atoms with E-state index in [1.54, 1.807) is 50.2 Å². The third-order valence-corrected chi connectivity index (χ3v) is 4.84. The Balaban J connectivity index is 1.61. The zero-order valence-corrected chi connectivity index (χ0v) is 16.7. The van der Waals surface area contributed by atoms with Crippen molar-refractivity contribution in [1.82, 2.24) is 9.55 Å². The summed E-state index contributed by atoms with van der Waals surface area (Å²) >= 11 is 0. The van der Waals surface area contributed by atoms with Gasteiger partial charge in [0.15, 0.2) is 0 Å². The van der Waals surface area contributed by atoms with Crippen molar-refractivity contribution >= 4 is 28.3 Å². The second kappa shape index (κ2) is 7.98. The summed E-state index contributed by atoms with van der Waals surface area (Å²) < 4.78 is 28.3. The van der Waals surface area contributed by atoms with Crippen molar-refractivity contribution in [3.8, 4) is 5.69 Å². The molecule has 0 unspecified atom stereocenters. The minimum atomic E-state index is -0.874. The van der Waals surface area contributed by atoms with E-state index in [1.165, 1.54) is 4.57 Å². The Bertz CT molecular complexity index is 1380. The summed E-state index contributed by atoms with van der Waals surface area (Å²) in [5.74, 6) is -1.07. The van der Waals surface area contributed by atoms with Crippen LogP contribution in [0.1, 0.15) is 11.4 Å². The number of para-hydroxylation sites is 1. The minimum Gasteiger partial charge on any atom is -0.307 e. The molecule has 0 saturated carbocycles. The van der Waals surface area contributed by atoms with Crippen molar-refractivity contribution in [2.45, 2.75) is 13.8 Å². The van der Waals surface area contributed by atoms with Gasteiger partial charge in [0.2, 0.25) is 0 Å². The lowest BCUT2D eigenvalue weighted by Crippen LogP contribution is -2.23. The first-order chi connectivity index (χ1) is 14.8. The number of anilines is 2. The Labute approximate surface area is 176 Å². The molecule has 6 nitrogen and oxygen atoms in total. The van der Waals surface area contributed by atoms with Gasteiger partial charge in [0.25, 0.3) is 5.56 Å². The highest BCUT2D eigenvalue weighted by Crippen LogP contribution is 2.21. The van der Waals surface area contributed by atoms with E-state index in [-0.39, 0.29) is 11.2 Å². The van der Waals surface area contributed by atoms with E-state index in [0.717, 1.165) is 12.1 Å². The molecule has 0 spiro atoms. The summed E-state index contributed by atoms with van der Waals surface area (Å²) in [7, 11) is 0. The van der Waals surface area contributed by atoms with Crippen LogP contribution in [0.4, 0.5) is 25.0 Å². The fourth-order valence-electron chi connectivity index (χ4n) is 3.34. The van der Waals surface area contributed by atoms with E-state index in [0.29, 0.717) is 39.7 Å². The molecule has 0 bridgehead atoms. The number of hydrogen-bond acceptors (Lipinski definition) is 3. The van der Waals surface area contributed by atoms with Crippen LogP contribution in [0.2, 0.25) is 0 Å². The largest absolute Gasteiger partial charge is 0.323 e. The fourth-order valence-corrected chi connectivity index (χ4v) is 3.34. The van der Waals surface area contributed by atoms with Gasteiger partial charge in [0.05, 0.1) is 22.3 Å². The topological polar surface area (TPSA) is 76.0 Å². The predicted molar refractivity (Wildman–Crippen MR) is 116 cm³/mol. The van der Waals surface area contributed by atoms with Crippen LogP contribution in [0.15, 0.2) is 65.5 Å². The molecule has 0 saturated heterocycles. The van der Waals surface area contributed by atoms with Crippen LogP contribution in [0.25, 0.3) is 16.6 Å². The molecular weight excluding hydrogens is 402 g/mol. The summed E-state index contributed by atoms with van der Waals surface area (Å²) in [6, 6.07) is 14.4. The lowest BCUT2D eigenvalue weighted by Gasteiger charge is -2.14. The number of carbonyl (C=O) groups is 1. The molecule has 0 aliphatic carbocycles. The molecule has 0 aliphatic heterocycles. The van der Waals surface area contributed by atoms with E-state index >= 15 is 0 Å². The summed E-state index contributed by atoms with van der Waals surface area (Å²) in [5.41, 5.74) is 2.06. The first-order valence-electron chi connectivity index (χ1n) is 9.46. The number of rotatable bonds is 3. The molecule has 4 rings (SSSR count). The molecule has 0 radical (unpaired) electrons. The number of nitrogens with zero attached hydrogens (tertiary/aromatic N) is 2.